The molecule has 0 amide bonds. The van der Waals surface area contributed by atoms with Crippen molar-refractivity contribution in [2.24, 2.45) is 0 Å². The summed E-state index contributed by atoms with van der Waals surface area (Å²) in [7, 11) is 0. The van der Waals surface area contributed by atoms with E-state index in [0.29, 0.717) is 0 Å². The third-order valence-corrected chi connectivity index (χ3v) is 3.77. The second kappa shape index (κ2) is 11.0. The summed E-state index contributed by atoms with van der Waals surface area (Å²) in [6.45, 7) is 2.26. The Morgan fingerprint density at radius 2 is 1.32 bits per heavy atom. The topological polar surface area (TPSA) is 20.2 Å². The van der Waals surface area contributed by atoms with Gasteiger partial charge in [0.05, 0.1) is 6.10 Å². The lowest BCUT2D eigenvalue weighted by molar-refractivity contribution is 0.163. The molecule has 0 radical (unpaired) electrons. The molecule has 0 fully saturated rings. The number of hydrogen-bond donors (Lipinski definition) is 1. The molecule has 19 heavy (non-hydrogen) atoms. The minimum absolute atomic E-state index is 0.272. The number of rotatable bonds is 11. The summed E-state index contributed by atoms with van der Waals surface area (Å²) in [5, 5.41) is 10.0. The van der Waals surface area contributed by atoms with E-state index in [-0.39, 0.29) is 6.10 Å². The van der Waals surface area contributed by atoms with Gasteiger partial charge in [0.1, 0.15) is 0 Å². The SMILES string of the molecule is CCCCCCCCCCC[C@H](O)c1ccccc1. The monoisotopic (exact) mass is 262 g/mol. The van der Waals surface area contributed by atoms with Crippen molar-refractivity contribution in [3.8, 4) is 0 Å². The number of benzene rings is 1. The van der Waals surface area contributed by atoms with Crippen molar-refractivity contribution < 1.29 is 5.11 Å². The molecule has 0 saturated heterocycles. The number of unbranched alkanes of at least 4 members (excludes halogenated alkanes) is 8. The smallest absolute Gasteiger partial charge is 0.0790 e. The summed E-state index contributed by atoms with van der Waals surface area (Å²) < 4.78 is 0. The summed E-state index contributed by atoms with van der Waals surface area (Å²) in [5.74, 6) is 0. The average molecular weight is 262 g/mol. The van der Waals surface area contributed by atoms with Gasteiger partial charge >= 0.3 is 0 Å². The molecular weight excluding hydrogens is 232 g/mol. The minimum atomic E-state index is -0.272. The van der Waals surface area contributed by atoms with Crippen LogP contribution in [0, 0.1) is 0 Å². The van der Waals surface area contributed by atoms with Gasteiger partial charge in [0, 0.05) is 0 Å². The van der Waals surface area contributed by atoms with Crippen LogP contribution in [0.3, 0.4) is 0 Å². The first-order chi connectivity index (χ1) is 9.34. The molecule has 1 aromatic rings. The van der Waals surface area contributed by atoms with Gasteiger partial charge in [-0.1, -0.05) is 95.0 Å². The fourth-order valence-corrected chi connectivity index (χ4v) is 2.49. The zero-order chi connectivity index (χ0) is 13.8. The Bertz CT molecular complexity index is 294. The van der Waals surface area contributed by atoms with E-state index in [0.717, 1.165) is 18.4 Å². The summed E-state index contributed by atoms with van der Waals surface area (Å²) in [6.07, 6.45) is 12.7. The lowest BCUT2D eigenvalue weighted by atomic mass is 10.0. The van der Waals surface area contributed by atoms with Crippen LogP contribution < -0.4 is 0 Å². The fraction of sp³-hybridized carbons (Fsp3) is 0.667. The van der Waals surface area contributed by atoms with Crippen molar-refractivity contribution in [1.29, 1.82) is 0 Å². The van der Waals surface area contributed by atoms with Crippen LogP contribution in [0.1, 0.15) is 82.8 Å². The highest BCUT2D eigenvalue weighted by molar-refractivity contribution is 5.16. The Morgan fingerprint density at radius 3 is 1.89 bits per heavy atom. The van der Waals surface area contributed by atoms with E-state index in [9.17, 15) is 5.11 Å². The Morgan fingerprint density at radius 1 is 0.789 bits per heavy atom. The fourth-order valence-electron chi connectivity index (χ4n) is 2.49. The van der Waals surface area contributed by atoms with Crippen LogP contribution in [-0.4, -0.2) is 5.11 Å². The predicted octanol–water partition coefficient (Wildman–Crippen LogP) is 5.64. The van der Waals surface area contributed by atoms with Gasteiger partial charge in [0.15, 0.2) is 0 Å². The lowest BCUT2D eigenvalue weighted by Gasteiger charge is -2.10. The molecule has 1 nitrogen and oxygen atoms in total. The van der Waals surface area contributed by atoms with Crippen molar-refractivity contribution in [1.82, 2.24) is 0 Å². The Kier molecular flexibility index (Phi) is 9.44. The third-order valence-electron chi connectivity index (χ3n) is 3.77. The number of hydrogen-bond acceptors (Lipinski definition) is 1. The first kappa shape index (κ1) is 16.2. The van der Waals surface area contributed by atoms with E-state index >= 15 is 0 Å². The summed E-state index contributed by atoms with van der Waals surface area (Å²) in [5.41, 5.74) is 1.06. The van der Waals surface area contributed by atoms with Crippen LogP contribution in [0.25, 0.3) is 0 Å². The van der Waals surface area contributed by atoms with Gasteiger partial charge < -0.3 is 5.11 Å². The largest absolute Gasteiger partial charge is 0.388 e. The van der Waals surface area contributed by atoms with E-state index in [1.807, 2.05) is 30.3 Å². The summed E-state index contributed by atoms with van der Waals surface area (Å²) >= 11 is 0. The van der Waals surface area contributed by atoms with Gasteiger partial charge in [-0.05, 0) is 12.0 Å². The standard InChI is InChI=1S/C18H30O/c1-2-3-4-5-6-7-8-9-13-16-18(19)17-14-11-10-12-15-17/h10-12,14-15,18-19H,2-9,13,16H2,1H3/t18-/m0/s1. The molecule has 0 aromatic heterocycles. The van der Waals surface area contributed by atoms with Crippen LogP contribution in [0.4, 0.5) is 0 Å². The van der Waals surface area contributed by atoms with Gasteiger partial charge in [-0.25, -0.2) is 0 Å². The maximum absolute atomic E-state index is 10.0. The highest BCUT2D eigenvalue weighted by atomic mass is 16.3. The molecule has 0 aliphatic heterocycles. The second-order valence-electron chi connectivity index (χ2n) is 5.54. The molecule has 0 spiro atoms. The van der Waals surface area contributed by atoms with E-state index in [1.54, 1.807) is 0 Å². The molecule has 0 bridgehead atoms. The van der Waals surface area contributed by atoms with Gasteiger partial charge in [-0.15, -0.1) is 0 Å². The zero-order valence-electron chi connectivity index (χ0n) is 12.5. The van der Waals surface area contributed by atoms with Crippen molar-refractivity contribution in [2.45, 2.75) is 77.2 Å². The second-order valence-corrected chi connectivity index (χ2v) is 5.54. The molecule has 0 aliphatic rings. The number of aliphatic hydroxyl groups excluding tert-OH is 1. The first-order valence-corrected chi connectivity index (χ1v) is 8.07. The molecular formula is C18H30O. The summed E-state index contributed by atoms with van der Waals surface area (Å²) in [6, 6.07) is 10.0. The van der Waals surface area contributed by atoms with Crippen molar-refractivity contribution in [2.75, 3.05) is 0 Å². The van der Waals surface area contributed by atoms with Crippen molar-refractivity contribution in [3.05, 3.63) is 35.9 Å². The Balaban J connectivity index is 1.93. The molecule has 0 aliphatic carbocycles. The Labute approximate surface area is 119 Å². The maximum Gasteiger partial charge on any atom is 0.0790 e. The van der Waals surface area contributed by atoms with Crippen LogP contribution in [0.5, 0.6) is 0 Å². The molecule has 1 atom stereocenters. The molecule has 1 heteroatoms. The molecule has 0 saturated carbocycles. The van der Waals surface area contributed by atoms with Crippen LogP contribution in [0.2, 0.25) is 0 Å². The summed E-state index contributed by atoms with van der Waals surface area (Å²) in [4.78, 5) is 0. The van der Waals surface area contributed by atoms with Crippen LogP contribution in [0.15, 0.2) is 30.3 Å². The quantitative estimate of drug-likeness (QED) is 0.512. The van der Waals surface area contributed by atoms with E-state index in [2.05, 4.69) is 6.92 Å². The van der Waals surface area contributed by atoms with E-state index in [1.165, 1.54) is 51.4 Å². The lowest BCUT2D eigenvalue weighted by Crippen LogP contribution is -1.96. The van der Waals surface area contributed by atoms with Crippen LogP contribution in [-0.2, 0) is 0 Å². The van der Waals surface area contributed by atoms with Gasteiger partial charge in [0.25, 0.3) is 0 Å². The van der Waals surface area contributed by atoms with Gasteiger partial charge in [0.2, 0.25) is 0 Å². The Hall–Kier alpha value is -0.820. The normalized spacial score (nSPS) is 12.5. The third kappa shape index (κ3) is 8.05. The minimum Gasteiger partial charge on any atom is -0.388 e. The molecule has 1 N–H and O–H groups in total. The molecule has 108 valence electrons. The average Bonchev–Trinajstić information content (AvgIpc) is 2.46. The van der Waals surface area contributed by atoms with Gasteiger partial charge in [-0.3, -0.25) is 0 Å². The highest BCUT2D eigenvalue weighted by Gasteiger charge is 2.05. The van der Waals surface area contributed by atoms with E-state index in [4.69, 9.17) is 0 Å². The zero-order valence-corrected chi connectivity index (χ0v) is 12.5. The van der Waals surface area contributed by atoms with Gasteiger partial charge in [-0.2, -0.15) is 0 Å². The molecule has 0 heterocycles. The molecule has 0 unspecified atom stereocenters. The molecule has 1 aromatic carbocycles. The maximum atomic E-state index is 10.0. The predicted molar refractivity (Wildman–Crippen MR) is 83.2 cm³/mol. The van der Waals surface area contributed by atoms with E-state index < -0.39 is 0 Å². The highest BCUT2D eigenvalue weighted by Crippen LogP contribution is 2.19. The molecule has 1 rings (SSSR count). The number of aliphatic hydroxyl groups is 1. The first-order valence-electron chi connectivity index (χ1n) is 8.07. The van der Waals surface area contributed by atoms with Crippen LogP contribution >= 0.6 is 0 Å². The van der Waals surface area contributed by atoms with Crippen molar-refractivity contribution in [3.63, 3.8) is 0 Å². The van der Waals surface area contributed by atoms with Crippen molar-refractivity contribution >= 4 is 0 Å².